The smallest absolute Gasteiger partial charge is 0.200 e. The molecule has 0 spiro atoms. The third-order valence-electron chi connectivity index (χ3n) is 1.27. The van der Waals surface area contributed by atoms with Gasteiger partial charge in [0.05, 0.1) is 6.61 Å². The Bertz CT molecular complexity index is 263. The fourth-order valence-corrected chi connectivity index (χ4v) is 0.751. The minimum atomic E-state index is -1.02. The average Bonchev–Trinajstić information content (AvgIpc) is 2.08. The van der Waals surface area contributed by atoms with Gasteiger partial charge in [0.1, 0.15) is 6.61 Å². The molecule has 0 aliphatic carbocycles. The van der Waals surface area contributed by atoms with Gasteiger partial charge < -0.3 is 9.84 Å². The van der Waals surface area contributed by atoms with Crippen molar-refractivity contribution >= 4 is 0 Å². The molecular formula is C8H8F2O2. The van der Waals surface area contributed by atoms with Crippen molar-refractivity contribution in [2.75, 3.05) is 13.2 Å². The summed E-state index contributed by atoms with van der Waals surface area (Å²) in [4.78, 5) is 0. The monoisotopic (exact) mass is 174 g/mol. The van der Waals surface area contributed by atoms with E-state index >= 15 is 0 Å². The summed E-state index contributed by atoms with van der Waals surface area (Å²) >= 11 is 0. The van der Waals surface area contributed by atoms with Crippen molar-refractivity contribution in [3.63, 3.8) is 0 Å². The van der Waals surface area contributed by atoms with Gasteiger partial charge in [0.2, 0.25) is 5.82 Å². The van der Waals surface area contributed by atoms with Gasteiger partial charge in [-0.05, 0) is 12.1 Å². The molecule has 0 radical (unpaired) electrons. The highest BCUT2D eigenvalue weighted by molar-refractivity contribution is 5.24. The van der Waals surface area contributed by atoms with Crippen LogP contribution in [-0.4, -0.2) is 18.3 Å². The molecule has 1 rings (SSSR count). The van der Waals surface area contributed by atoms with Crippen LogP contribution >= 0.6 is 0 Å². The first-order valence-corrected chi connectivity index (χ1v) is 3.43. The summed E-state index contributed by atoms with van der Waals surface area (Å²) in [5.74, 6) is -2.15. The molecule has 66 valence electrons. The number of aliphatic hydroxyl groups is 1. The fraction of sp³-hybridized carbons (Fsp3) is 0.250. The van der Waals surface area contributed by atoms with Crippen molar-refractivity contribution in [3.8, 4) is 5.75 Å². The summed E-state index contributed by atoms with van der Waals surface area (Å²) in [6.45, 7) is -0.268. The molecule has 2 nitrogen and oxygen atoms in total. The van der Waals surface area contributed by atoms with E-state index in [1.54, 1.807) is 0 Å². The number of benzene rings is 1. The molecule has 0 amide bonds. The van der Waals surface area contributed by atoms with Crippen molar-refractivity contribution in [3.05, 3.63) is 29.8 Å². The maximum Gasteiger partial charge on any atom is 0.200 e. The van der Waals surface area contributed by atoms with Gasteiger partial charge in [-0.15, -0.1) is 0 Å². The molecule has 0 saturated heterocycles. The summed E-state index contributed by atoms with van der Waals surface area (Å²) < 4.78 is 29.9. The highest BCUT2D eigenvalue weighted by Gasteiger charge is 2.07. The first kappa shape index (κ1) is 8.93. The van der Waals surface area contributed by atoms with Gasteiger partial charge in [-0.1, -0.05) is 6.07 Å². The lowest BCUT2D eigenvalue weighted by atomic mass is 10.3. The first-order valence-electron chi connectivity index (χ1n) is 3.43. The van der Waals surface area contributed by atoms with Crippen LogP contribution in [0.5, 0.6) is 5.75 Å². The molecule has 0 fully saturated rings. The third-order valence-corrected chi connectivity index (χ3v) is 1.27. The van der Waals surface area contributed by atoms with E-state index in [-0.39, 0.29) is 19.0 Å². The second-order valence-corrected chi connectivity index (χ2v) is 2.12. The highest BCUT2D eigenvalue weighted by Crippen LogP contribution is 2.18. The van der Waals surface area contributed by atoms with E-state index in [4.69, 9.17) is 9.84 Å². The van der Waals surface area contributed by atoms with Crippen molar-refractivity contribution in [2.45, 2.75) is 0 Å². The van der Waals surface area contributed by atoms with Gasteiger partial charge in [-0.2, -0.15) is 4.39 Å². The Morgan fingerprint density at radius 2 is 2.08 bits per heavy atom. The normalized spacial score (nSPS) is 9.92. The molecule has 12 heavy (non-hydrogen) atoms. The number of hydrogen-bond acceptors (Lipinski definition) is 2. The van der Waals surface area contributed by atoms with Crippen molar-refractivity contribution < 1.29 is 18.6 Å². The van der Waals surface area contributed by atoms with E-state index in [1.165, 1.54) is 12.1 Å². The van der Waals surface area contributed by atoms with Crippen LogP contribution in [0, 0.1) is 11.6 Å². The Kier molecular flexibility index (Phi) is 2.99. The summed E-state index contributed by atoms with van der Waals surface area (Å²) in [7, 11) is 0. The topological polar surface area (TPSA) is 29.5 Å². The molecule has 0 aliphatic heterocycles. The number of hydrogen-bond donors (Lipinski definition) is 1. The van der Waals surface area contributed by atoms with E-state index in [0.29, 0.717) is 0 Å². The molecule has 1 aromatic rings. The summed E-state index contributed by atoms with van der Waals surface area (Å²) in [5, 5.41) is 8.35. The molecule has 0 heterocycles. The average molecular weight is 174 g/mol. The van der Waals surface area contributed by atoms with Crippen LogP contribution in [0.15, 0.2) is 18.2 Å². The molecule has 0 aromatic heterocycles. The largest absolute Gasteiger partial charge is 0.488 e. The minimum absolute atomic E-state index is 0.0413. The van der Waals surface area contributed by atoms with Crippen LogP contribution in [0.1, 0.15) is 0 Å². The van der Waals surface area contributed by atoms with Crippen LogP contribution in [-0.2, 0) is 0 Å². The van der Waals surface area contributed by atoms with Gasteiger partial charge in [0.25, 0.3) is 0 Å². The van der Waals surface area contributed by atoms with Crippen LogP contribution < -0.4 is 4.74 Å². The predicted molar refractivity (Wildman–Crippen MR) is 38.9 cm³/mol. The zero-order chi connectivity index (χ0) is 8.97. The molecule has 0 bridgehead atoms. The standard InChI is InChI=1S/C8H8F2O2/c9-6-2-1-3-7(8(6)10)12-5-4-11/h1-3,11H,4-5H2. The van der Waals surface area contributed by atoms with Gasteiger partial charge >= 0.3 is 0 Å². The molecule has 0 atom stereocenters. The SMILES string of the molecule is OCCOc1cccc(F)c1F. The number of aliphatic hydroxyl groups excluding tert-OH is 1. The molecule has 1 N–H and O–H groups in total. The Labute approximate surface area is 68.4 Å². The van der Waals surface area contributed by atoms with Crippen LogP contribution in [0.4, 0.5) is 8.78 Å². The quantitative estimate of drug-likeness (QED) is 0.749. The lowest BCUT2D eigenvalue weighted by molar-refractivity contribution is 0.195. The molecule has 0 aliphatic rings. The zero-order valence-electron chi connectivity index (χ0n) is 6.26. The van der Waals surface area contributed by atoms with Crippen molar-refractivity contribution in [1.82, 2.24) is 0 Å². The van der Waals surface area contributed by atoms with Crippen LogP contribution in [0.2, 0.25) is 0 Å². The molecular weight excluding hydrogens is 166 g/mol. The maximum absolute atomic E-state index is 12.7. The summed E-state index contributed by atoms with van der Waals surface area (Å²) in [6.07, 6.45) is 0. The number of halogens is 2. The Morgan fingerprint density at radius 1 is 1.33 bits per heavy atom. The minimum Gasteiger partial charge on any atom is -0.488 e. The zero-order valence-corrected chi connectivity index (χ0v) is 6.26. The third kappa shape index (κ3) is 1.92. The second kappa shape index (κ2) is 4.01. The molecule has 0 saturated carbocycles. The highest BCUT2D eigenvalue weighted by atomic mass is 19.2. The van der Waals surface area contributed by atoms with E-state index in [1.807, 2.05) is 0 Å². The van der Waals surface area contributed by atoms with Gasteiger partial charge in [-0.25, -0.2) is 4.39 Å². The van der Waals surface area contributed by atoms with Crippen LogP contribution in [0.3, 0.4) is 0 Å². The van der Waals surface area contributed by atoms with Gasteiger partial charge in [0, 0.05) is 0 Å². The Hall–Kier alpha value is -1.16. The van der Waals surface area contributed by atoms with Gasteiger partial charge in [-0.3, -0.25) is 0 Å². The van der Waals surface area contributed by atoms with E-state index in [2.05, 4.69) is 0 Å². The van der Waals surface area contributed by atoms with Crippen molar-refractivity contribution in [2.24, 2.45) is 0 Å². The van der Waals surface area contributed by atoms with E-state index in [9.17, 15) is 8.78 Å². The maximum atomic E-state index is 12.7. The van der Waals surface area contributed by atoms with Gasteiger partial charge in [0.15, 0.2) is 11.6 Å². The number of rotatable bonds is 3. The molecule has 1 aromatic carbocycles. The fourth-order valence-electron chi connectivity index (χ4n) is 0.751. The van der Waals surface area contributed by atoms with Crippen molar-refractivity contribution in [1.29, 1.82) is 0 Å². The molecule has 0 unspecified atom stereocenters. The lowest BCUT2D eigenvalue weighted by Crippen LogP contribution is -2.03. The second-order valence-electron chi connectivity index (χ2n) is 2.12. The summed E-state index contributed by atoms with van der Waals surface area (Å²) in [6, 6.07) is 3.64. The van der Waals surface area contributed by atoms with E-state index in [0.717, 1.165) is 6.07 Å². The Morgan fingerprint density at radius 3 is 2.75 bits per heavy atom. The van der Waals surface area contributed by atoms with E-state index < -0.39 is 11.6 Å². The lowest BCUT2D eigenvalue weighted by Gasteiger charge is -2.04. The first-order chi connectivity index (χ1) is 5.75. The molecule has 4 heteroatoms. The number of ether oxygens (including phenoxy) is 1. The van der Waals surface area contributed by atoms with Crippen LogP contribution in [0.25, 0.3) is 0 Å². The predicted octanol–water partition coefficient (Wildman–Crippen LogP) is 1.34. The Balaban J connectivity index is 2.78. The summed E-state index contributed by atoms with van der Waals surface area (Å²) in [5.41, 5.74) is 0.